The van der Waals surface area contributed by atoms with Gasteiger partial charge < -0.3 is 19.4 Å². The van der Waals surface area contributed by atoms with Gasteiger partial charge in [0, 0.05) is 24.0 Å². The molecular formula is C34H36N2O4. The molecule has 1 aliphatic heterocycles. The minimum atomic E-state index is -0.794. The van der Waals surface area contributed by atoms with E-state index in [9.17, 15) is 9.59 Å². The van der Waals surface area contributed by atoms with Crippen molar-refractivity contribution < 1.29 is 18.7 Å². The van der Waals surface area contributed by atoms with E-state index in [1.165, 1.54) is 0 Å². The molecule has 4 aromatic rings. The highest BCUT2D eigenvalue weighted by Crippen LogP contribution is 2.51. The molecule has 0 saturated heterocycles. The summed E-state index contributed by atoms with van der Waals surface area (Å²) in [7, 11) is 0. The number of carbonyl (C=O) groups excluding carboxylic acids is 2. The van der Waals surface area contributed by atoms with E-state index in [-0.39, 0.29) is 18.4 Å². The second kappa shape index (κ2) is 10.3. The second-order valence-electron chi connectivity index (χ2n) is 11.4. The van der Waals surface area contributed by atoms with E-state index in [4.69, 9.17) is 9.15 Å². The average Bonchev–Trinajstić information content (AvgIpc) is 3.43. The molecule has 0 spiro atoms. The number of furan rings is 1. The minimum absolute atomic E-state index is 0.116. The van der Waals surface area contributed by atoms with Gasteiger partial charge in [-0.2, -0.15) is 0 Å². The number of hydrogen-bond acceptors (Lipinski definition) is 4. The van der Waals surface area contributed by atoms with Crippen molar-refractivity contribution in [3.63, 3.8) is 0 Å². The monoisotopic (exact) mass is 536 g/mol. The van der Waals surface area contributed by atoms with Crippen LogP contribution in [0.5, 0.6) is 5.75 Å². The molecule has 2 heterocycles. The molecule has 6 heteroatoms. The summed E-state index contributed by atoms with van der Waals surface area (Å²) < 4.78 is 11.5. The van der Waals surface area contributed by atoms with Gasteiger partial charge in [0.05, 0.1) is 23.5 Å². The third-order valence-corrected chi connectivity index (χ3v) is 8.04. The fourth-order valence-electron chi connectivity index (χ4n) is 6.40. The summed E-state index contributed by atoms with van der Waals surface area (Å²) >= 11 is 0. The Morgan fingerprint density at radius 2 is 1.62 bits per heavy atom. The first kappa shape index (κ1) is 27.3. The van der Waals surface area contributed by atoms with Crippen molar-refractivity contribution >= 4 is 17.5 Å². The summed E-state index contributed by atoms with van der Waals surface area (Å²) in [6, 6.07) is 25.1. The molecule has 0 radical (unpaired) electrons. The summed E-state index contributed by atoms with van der Waals surface area (Å²) in [6.07, 6.45) is 1.61. The second-order valence-corrected chi connectivity index (χ2v) is 11.4. The molecule has 3 aromatic carbocycles. The van der Waals surface area contributed by atoms with Gasteiger partial charge in [-0.15, -0.1) is 0 Å². The number of benzene rings is 3. The molecule has 2 unspecified atom stereocenters. The van der Waals surface area contributed by atoms with Crippen molar-refractivity contribution in [1.82, 2.24) is 5.32 Å². The Balaban J connectivity index is 1.65. The SMILES string of the molecule is CC(=O)N1c2cc(OCc3ccco3)ccc2C(C)(c2ccccc2)C(NC(=O)c2cc(C)cc(C)c2)C1(C)C. The maximum absolute atomic E-state index is 13.8. The number of carbonyl (C=O) groups is 2. The van der Waals surface area contributed by atoms with Gasteiger partial charge in [-0.25, -0.2) is 0 Å². The lowest BCUT2D eigenvalue weighted by atomic mass is 9.61. The first-order valence-electron chi connectivity index (χ1n) is 13.6. The number of anilines is 1. The van der Waals surface area contributed by atoms with Gasteiger partial charge in [-0.05, 0) is 76.1 Å². The Bertz CT molecular complexity index is 1520. The third kappa shape index (κ3) is 4.79. The van der Waals surface area contributed by atoms with Crippen LogP contribution in [0, 0.1) is 13.8 Å². The van der Waals surface area contributed by atoms with E-state index < -0.39 is 17.0 Å². The molecular weight excluding hydrogens is 500 g/mol. The van der Waals surface area contributed by atoms with Crippen LogP contribution in [-0.4, -0.2) is 23.4 Å². The maximum atomic E-state index is 13.8. The lowest BCUT2D eigenvalue weighted by Crippen LogP contribution is -2.70. The molecule has 0 saturated carbocycles. The number of ether oxygens (including phenoxy) is 1. The molecule has 5 rings (SSSR count). The number of nitrogens with one attached hydrogen (secondary N) is 1. The molecule has 2 amide bonds. The Morgan fingerprint density at radius 1 is 0.925 bits per heavy atom. The van der Waals surface area contributed by atoms with Gasteiger partial charge in [0.1, 0.15) is 18.1 Å². The van der Waals surface area contributed by atoms with Crippen LogP contribution in [0.1, 0.15) is 66.1 Å². The molecule has 6 nitrogen and oxygen atoms in total. The minimum Gasteiger partial charge on any atom is -0.486 e. The van der Waals surface area contributed by atoms with Gasteiger partial charge in [-0.3, -0.25) is 9.59 Å². The normalized spacial score (nSPS) is 19.6. The average molecular weight is 537 g/mol. The van der Waals surface area contributed by atoms with E-state index >= 15 is 0 Å². The van der Waals surface area contributed by atoms with E-state index in [1.807, 2.05) is 88.4 Å². The van der Waals surface area contributed by atoms with Crippen molar-refractivity contribution in [2.45, 2.75) is 65.1 Å². The molecule has 1 aromatic heterocycles. The molecule has 40 heavy (non-hydrogen) atoms. The van der Waals surface area contributed by atoms with Gasteiger partial charge in [0.25, 0.3) is 5.91 Å². The highest BCUT2D eigenvalue weighted by atomic mass is 16.5. The number of rotatable bonds is 6. The van der Waals surface area contributed by atoms with Crippen molar-refractivity contribution in [1.29, 1.82) is 0 Å². The zero-order valence-corrected chi connectivity index (χ0v) is 23.9. The van der Waals surface area contributed by atoms with Crippen LogP contribution in [0.15, 0.2) is 89.5 Å². The number of hydrogen-bond donors (Lipinski definition) is 1. The molecule has 1 N–H and O–H groups in total. The van der Waals surface area contributed by atoms with Crippen LogP contribution < -0.4 is 15.0 Å². The zero-order valence-electron chi connectivity index (χ0n) is 23.9. The van der Waals surface area contributed by atoms with Gasteiger partial charge in [0.2, 0.25) is 5.91 Å². The summed E-state index contributed by atoms with van der Waals surface area (Å²) in [5.74, 6) is 1.06. The zero-order chi connectivity index (χ0) is 28.7. The molecule has 2 atom stereocenters. The lowest BCUT2D eigenvalue weighted by molar-refractivity contribution is -0.118. The van der Waals surface area contributed by atoms with Crippen molar-refractivity contribution in [3.8, 4) is 5.75 Å². The van der Waals surface area contributed by atoms with Crippen LogP contribution in [0.3, 0.4) is 0 Å². The topological polar surface area (TPSA) is 71.8 Å². The third-order valence-electron chi connectivity index (χ3n) is 8.04. The first-order valence-corrected chi connectivity index (χ1v) is 13.6. The van der Waals surface area contributed by atoms with E-state index in [0.717, 1.165) is 27.9 Å². The predicted octanol–water partition coefficient (Wildman–Crippen LogP) is 6.73. The first-order chi connectivity index (χ1) is 19.0. The van der Waals surface area contributed by atoms with Gasteiger partial charge in [0.15, 0.2) is 0 Å². The lowest BCUT2D eigenvalue weighted by Gasteiger charge is -2.57. The standard InChI is InChI=1S/C34H36N2O4/c1-22-17-23(2)19-25(18-22)31(38)35-32-33(4,5)36(24(3)37)30-20-27(40-21-28-13-10-16-39-28)14-15-29(30)34(32,6)26-11-8-7-9-12-26/h7-20,32H,21H2,1-6H3,(H,35,38). The van der Waals surface area contributed by atoms with E-state index in [2.05, 4.69) is 30.4 Å². The molecule has 0 fully saturated rings. The summed E-state index contributed by atoms with van der Waals surface area (Å²) in [5.41, 5.74) is 3.93. The predicted molar refractivity (Wildman–Crippen MR) is 157 cm³/mol. The number of amides is 2. The molecule has 0 aliphatic carbocycles. The van der Waals surface area contributed by atoms with Crippen molar-refractivity contribution in [2.75, 3.05) is 4.90 Å². The van der Waals surface area contributed by atoms with Crippen LogP contribution in [0.2, 0.25) is 0 Å². The van der Waals surface area contributed by atoms with Gasteiger partial charge in [-0.1, -0.05) is 53.6 Å². The fraction of sp³-hybridized carbons (Fsp3) is 0.294. The van der Waals surface area contributed by atoms with Crippen molar-refractivity contribution in [2.24, 2.45) is 0 Å². The van der Waals surface area contributed by atoms with Crippen LogP contribution >= 0.6 is 0 Å². The van der Waals surface area contributed by atoms with Crippen molar-refractivity contribution in [3.05, 3.63) is 119 Å². The summed E-state index contributed by atoms with van der Waals surface area (Å²) in [5, 5.41) is 3.38. The molecule has 206 valence electrons. The summed E-state index contributed by atoms with van der Waals surface area (Å²) in [6.45, 7) is 12.0. The fourth-order valence-corrected chi connectivity index (χ4v) is 6.40. The van der Waals surface area contributed by atoms with E-state index in [0.29, 0.717) is 17.1 Å². The van der Waals surface area contributed by atoms with Crippen LogP contribution in [-0.2, 0) is 16.8 Å². The number of aryl methyl sites for hydroxylation is 2. The smallest absolute Gasteiger partial charge is 0.251 e. The Labute approximate surface area is 236 Å². The Kier molecular flexibility index (Phi) is 7.05. The largest absolute Gasteiger partial charge is 0.486 e. The highest BCUT2D eigenvalue weighted by Gasteiger charge is 2.55. The number of nitrogens with zero attached hydrogens (tertiary/aromatic N) is 1. The van der Waals surface area contributed by atoms with Crippen LogP contribution in [0.4, 0.5) is 5.69 Å². The highest BCUT2D eigenvalue weighted by molar-refractivity contribution is 5.98. The Hall–Kier alpha value is -4.32. The number of fused-ring (bicyclic) bond motifs is 1. The maximum Gasteiger partial charge on any atom is 0.251 e. The van der Waals surface area contributed by atoms with E-state index in [1.54, 1.807) is 18.1 Å². The summed E-state index contributed by atoms with van der Waals surface area (Å²) in [4.78, 5) is 28.9. The molecule has 0 bridgehead atoms. The van der Waals surface area contributed by atoms with Crippen LogP contribution in [0.25, 0.3) is 0 Å². The molecule has 1 aliphatic rings. The quantitative estimate of drug-likeness (QED) is 0.297. The Morgan fingerprint density at radius 3 is 2.25 bits per heavy atom. The van der Waals surface area contributed by atoms with Gasteiger partial charge >= 0.3 is 0 Å².